The van der Waals surface area contributed by atoms with Crippen molar-refractivity contribution in [2.75, 3.05) is 11.4 Å². The maximum absolute atomic E-state index is 12.5. The molecule has 1 atom stereocenters. The molecule has 0 saturated carbocycles. The lowest BCUT2D eigenvalue weighted by molar-refractivity contribution is -0.174. The van der Waals surface area contributed by atoms with Crippen molar-refractivity contribution in [1.82, 2.24) is 5.32 Å². The van der Waals surface area contributed by atoms with Crippen LogP contribution in [0.4, 0.5) is 23.7 Å². The number of benzene rings is 1. The molecule has 1 aromatic rings. The van der Waals surface area contributed by atoms with Gasteiger partial charge in [-0.25, -0.2) is 4.79 Å². The van der Waals surface area contributed by atoms with E-state index in [0.717, 1.165) is 0 Å². The molecule has 0 saturated heterocycles. The van der Waals surface area contributed by atoms with Crippen molar-refractivity contribution in [2.24, 2.45) is 0 Å². The fraction of sp³-hybridized carbons (Fsp3) is 0.500. The number of hydrogen-bond acceptors (Lipinski definition) is 3. The van der Waals surface area contributed by atoms with Crippen molar-refractivity contribution in [1.29, 1.82) is 0 Å². The van der Waals surface area contributed by atoms with Crippen LogP contribution >= 0.6 is 0 Å². The van der Waals surface area contributed by atoms with Gasteiger partial charge >= 0.3 is 18.2 Å². The predicted octanol–water partition coefficient (Wildman–Crippen LogP) is 3.03. The Kier molecular flexibility index (Phi) is 4.77. The number of fused-ring (bicyclic) bond motifs is 1. The summed E-state index contributed by atoms with van der Waals surface area (Å²) in [5.41, 5.74) is 0.500. The van der Waals surface area contributed by atoms with Gasteiger partial charge in [0.1, 0.15) is 5.60 Å². The first-order valence-corrected chi connectivity index (χ1v) is 7.43. The fourth-order valence-electron chi connectivity index (χ4n) is 2.45. The number of halogens is 3. The SMILES string of the molecule is CC(C)(C)OC(=O)N1CC(NC(=O)C(F)(F)F)Cc2ccccc21. The average molecular weight is 344 g/mol. The van der Waals surface area contributed by atoms with Gasteiger partial charge in [-0.2, -0.15) is 13.2 Å². The summed E-state index contributed by atoms with van der Waals surface area (Å²) in [7, 11) is 0. The first-order valence-electron chi connectivity index (χ1n) is 7.43. The van der Waals surface area contributed by atoms with Gasteiger partial charge in [-0.3, -0.25) is 9.69 Å². The van der Waals surface area contributed by atoms with Gasteiger partial charge in [0.2, 0.25) is 0 Å². The summed E-state index contributed by atoms with van der Waals surface area (Å²) in [5.74, 6) is -2.02. The van der Waals surface area contributed by atoms with Crippen LogP contribution in [0.2, 0.25) is 0 Å². The Labute approximate surface area is 137 Å². The largest absolute Gasteiger partial charge is 0.471 e. The lowest BCUT2D eigenvalue weighted by Crippen LogP contribution is -2.53. The lowest BCUT2D eigenvalue weighted by Gasteiger charge is -2.36. The highest BCUT2D eigenvalue weighted by atomic mass is 19.4. The van der Waals surface area contributed by atoms with Crippen LogP contribution < -0.4 is 10.2 Å². The number of alkyl halides is 3. The van der Waals surface area contributed by atoms with E-state index in [9.17, 15) is 22.8 Å². The van der Waals surface area contributed by atoms with E-state index >= 15 is 0 Å². The highest BCUT2D eigenvalue weighted by molar-refractivity contribution is 5.90. The van der Waals surface area contributed by atoms with Gasteiger partial charge in [0.05, 0.1) is 11.7 Å². The van der Waals surface area contributed by atoms with E-state index in [-0.39, 0.29) is 13.0 Å². The van der Waals surface area contributed by atoms with Crippen LogP contribution in [0.1, 0.15) is 26.3 Å². The van der Waals surface area contributed by atoms with Crippen LogP contribution in [0.5, 0.6) is 0 Å². The first-order chi connectivity index (χ1) is 11.0. The molecule has 0 spiro atoms. The molecule has 0 bridgehead atoms. The van der Waals surface area contributed by atoms with E-state index in [1.54, 1.807) is 45.0 Å². The van der Waals surface area contributed by atoms with E-state index in [4.69, 9.17) is 4.74 Å². The third-order valence-electron chi connectivity index (χ3n) is 3.36. The maximum Gasteiger partial charge on any atom is 0.471 e. The molecule has 132 valence electrons. The number of rotatable bonds is 1. The zero-order valence-corrected chi connectivity index (χ0v) is 13.6. The first kappa shape index (κ1) is 18.1. The third-order valence-corrected chi connectivity index (χ3v) is 3.36. The molecule has 0 radical (unpaired) electrons. The summed E-state index contributed by atoms with van der Waals surface area (Å²) in [4.78, 5) is 24.8. The van der Waals surface area contributed by atoms with Gasteiger partial charge in [-0.1, -0.05) is 18.2 Å². The second-order valence-electron chi connectivity index (χ2n) is 6.59. The smallest absolute Gasteiger partial charge is 0.443 e. The number of para-hydroxylation sites is 1. The minimum Gasteiger partial charge on any atom is -0.443 e. The van der Waals surface area contributed by atoms with Gasteiger partial charge in [0.15, 0.2) is 0 Å². The Hall–Kier alpha value is -2.25. The average Bonchev–Trinajstić information content (AvgIpc) is 2.43. The molecule has 24 heavy (non-hydrogen) atoms. The van der Waals surface area contributed by atoms with Gasteiger partial charge in [-0.15, -0.1) is 0 Å². The molecule has 1 heterocycles. The number of carbonyl (C=O) groups excluding carboxylic acids is 2. The van der Waals surface area contributed by atoms with E-state index < -0.39 is 29.8 Å². The zero-order chi connectivity index (χ0) is 18.1. The Morgan fingerprint density at radius 3 is 2.42 bits per heavy atom. The Balaban J connectivity index is 2.23. The molecular formula is C16H19F3N2O3. The predicted molar refractivity (Wildman–Crippen MR) is 81.7 cm³/mol. The Morgan fingerprint density at radius 2 is 1.83 bits per heavy atom. The molecule has 1 N–H and O–H groups in total. The minimum absolute atomic E-state index is 0.0895. The number of amides is 2. The Bertz CT molecular complexity index is 638. The van der Waals surface area contributed by atoms with Crippen LogP contribution in [0.15, 0.2) is 24.3 Å². The van der Waals surface area contributed by atoms with Gasteiger partial charge in [0, 0.05) is 6.54 Å². The number of nitrogens with zero attached hydrogens (tertiary/aromatic N) is 1. The van der Waals surface area contributed by atoms with Crippen molar-refractivity contribution < 1.29 is 27.5 Å². The van der Waals surface area contributed by atoms with Gasteiger partial charge < -0.3 is 10.1 Å². The van der Waals surface area contributed by atoms with Crippen molar-refractivity contribution in [3.63, 3.8) is 0 Å². The molecule has 1 unspecified atom stereocenters. The van der Waals surface area contributed by atoms with E-state index in [1.165, 1.54) is 4.90 Å². The van der Waals surface area contributed by atoms with Gasteiger partial charge in [-0.05, 0) is 38.8 Å². The summed E-state index contributed by atoms with van der Waals surface area (Å²) in [6.07, 6.45) is -5.42. The van der Waals surface area contributed by atoms with Crippen LogP contribution in [0, 0.1) is 0 Å². The highest BCUT2D eigenvalue weighted by Crippen LogP contribution is 2.29. The number of hydrogen-bond donors (Lipinski definition) is 1. The number of anilines is 1. The van der Waals surface area contributed by atoms with Crippen molar-refractivity contribution in [3.05, 3.63) is 29.8 Å². The second kappa shape index (κ2) is 6.33. The maximum atomic E-state index is 12.5. The quantitative estimate of drug-likeness (QED) is 0.852. The molecule has 1 aromatic carbocycles. The van der Waals surface area contributed by atoms with E-state index in [0.29, 0.717) is 11.3 Å². The van der Waals surface area contributed by atoms with Crippen molar-refractivity contribution in [3.8, 4) is 0 Å². The standard InChI is InChI=1S/C16H19F3N2O3/c1-15(2,3)24-14(23)21-9-11(20-13(22)16(17,18)19)8-10-6-4-5-7-12(10)21/h4-7,11H,8-9H2,1-3H3,(H,20,22). The molecule has 8 heteroatoms. The summed E-state index contributed by atoms with van der Waals surface area (Å²) in [6.45, 7) is 5.00. The van der Waals surface area contributed by atoms with Gasteiger partial charge in [0.25, 0.3) is 0 Å². The van der Waals surface area contributed by atoms with Crippen LogP contribution in [0.3, 0.4) is 0 Å². The molecule has 0 fully saturated rings. The van der Waals surface area contributed by atoms with E-state index in [1.807, 2.05) is 5.32 Å². The molecular weight excluding hydrogens is 325 g/mol. The molecule has 1 aliphatic rings. The Morgan fingerprint density at radius 1 is 1.21 bits per heavy atom. The van der Waals surface area contributed by atoms with Crippen LogP contribution in [-0.2, 0) is 16.0 Å². The van der Waals surface area contributed by atoms with Crippen LogP contribution in [-0.4, -0.2) is 36.4 Å². The van der Waals surface area contributed by atoms with Crippen LogP contribution in [0.25, 0.3) is 0 Å². The molecule has 2 amide bonds. The summed E-state index contributed by atoms with van der Waals surface area (Å²) < 4.78 is 42.7. The van der Waals surface area contributed by atoms with Crippen molar-refractivity contribution >= 4 is 17.7 Å². The molecule has 0 aromatic heterocycles. The van der Waals surface area contributed by atoms with E-state index in [2.05, 4.69) is 0 Å². The summed E-state index contributed by atoms with van der Waals surface area (Å²) >= 11 is 0. The fourth-order valence-corrected chi connectivity index (χ4v) is 2.45. The topological polar surface area (TPSA) is 58.6 Å². The molecule has 0 aliphatic carbocycles. The number of ether oxygens (including phenoxy) is 1. The minimum atomic E-state index is -4.96. The number of nitrogens with one attached hydrogen (secondary N) is 1. The summed E-state index contributed by atoms with van der Waals surface area (Å²) in [5, 5.41) is 1.93. The lowest BCUT2D eigenvalue weighted by atomic mass is 9.98. The van der Waals surface area contributed by atoms with Crippen molar-refractivity contribution in [2.45, 2.75) is 45.0 Å². The monoisotopic (exact) mass is 344 g/mol. The molecule has 5 nitrogen and oxygen atoms in total. The summed E-state index contributed by atoms with van der Waals surface area (Å²) in [6, 6.07) is 6.01. The second-order valence-corrected chi connectivity index (χ2v) is 6.59. The third kappa shape index (κ3) is 4.39. The molecule has 1 aliphatic heterocycles. The highest BCUT2D eigenvalue weighted by Gasteiger charge is 2.41. The molecule has 2 rings (SSSR count). The number of carbonyl (C=O) groups is 2. The normalized spacial score (nSPS) is 17.9. The zero-order valence-electron chi connectivity index (χ0n) is 13.6.